The minimum absolute atomic E-state index is 0.0737. The number of amides is 2. The Bertz CT molecular complexity index is 1340. The van der Waals surface area contributed by atoms with E-state index in [1.54, 1.807) is 74.5 Å². The van der Waals surface area contributed by atoms with Crippen LogP contribution in [0.5, 0.6) is 0 Å². The summed E-state index contributed by atoms with van der Waals surface area (Å²) in [6.07, 6.45) is 0. The maximum atomic E-state index is 13.8. The van der Waals surface area contributed by atoms with Gasteiger partial charge in [0, 0.05) is 18.1 Å². The highest BCUT2D eigenvalue weighted by Gasteiger charge is 2.32. The first-order chi connectivity index (χ1) is 17.5. The van der Waals surface area contributed by atoms with Gasteiger partial charge in [-0.05, 0) is 69.7 Å². The third kappa shape index (κ3) is 7.11. The molecule has 1 atom stereocenters. The summed E-state index contributed by atoms with van der Waals surface area (Å²) in [6, 6.07) is 19.6. The molecular weight excluding hydrogens is 510 g/mol. The van der Waals surface area contributed by atoms with Crippen molar-refractivity contribution in [2.24, 2.45) is 0 Å². The van der Waals surface area contributed by atoms with Crippen molar-refractivity contribution < 1.29 is 18.0 Å². The molecule has 37 heavy (non-hydrogen) atoms. The molecule has 0 heterocycles. The number of likely N-dealkylation sites (N-methyl/N-ethyl adjacent to an activating group) is 1. The Kier molecular flexibility index (Phi) is 9.34. The smallest absolute Gasteiger partial charge is 0.264 e. The molecule has 196 valence electrons. The lowest BCUT2D eigenvalue weighted by Crippen LogP contribution is -2.51. The van der Waals surface area contributed by atoms with E-state index in [2.05, 4.69) is 5.32 Å². The predicted octanol–water partition coefficient (Wildman–Crippen LogP) is 4.71. The van der Waals surface area contributed by atoms with Crippen molar-refractivity contribution in [1.82, 2.24) is 10.2 Å². The number of carbonyl (C=O) groups is 2. The molecule has 0 radical (unpaired) electrons. The highest BCUT2D eigenvalue weighted by atomic mass is 35.5. The monoisotopic (exact) mass is 541 g/mol. The Hall–Kier alpha value is -3.36. The second-order valence-electron chi connectivity index (χ2n) is 8.88. The fraction of sp³-hybridized carbons (Fsp3) is 0.286. The van der Waals surface area contributed by atoms with Gasteiger partial charge in [-0.2, -0.15) is 0 Å². The van der Waals surface area contributed by atoms with E-state index in [0.29, 0.717) is 17.3 Å². The Morgan fingerprint density at radius 3 is 2.11 bits per heavy atom. The number of hydrogen-bond acceptors (Lipinski definition) is 4. The number of halogens is 1. The topological polar surface area (TPSA) is 86.8 Å². The maximum absolute atomic E-state index is 13.8. The van der Waals surface area contributed by atoms with E-state index in [-0.39, 0.29) is 17.3 Å². The molecule has 0 fully saturated rings. The molecule has 0 aliphatic heterocycles. The fourth-order valence-corrected chi connectivity index (χ4v) is 5.44. The molecule has 3 aromatic rings. The second kappa shape index (κ2) is 12.3. The third-order valence-electron chi connectivity index (χ3n) is 5.97. The summed E-state index contributed by atoms with van der Waals surface area (Å²) < 4.78 is 28.6. The third-order valence-corrected chi connectivity index (χ3v) is 7.99. The van der Waals surface area contributed by atoms with Crippen LogP contribution in [0.1, 0.15) is 30.5 Å². The van der Waals surface area contributed by atoms with Crippen molar-refractivity contribution in [2.45, 2.75) is 45.2 Å². The molecule has 7 nitrogen and oxygen atoms in total. The Balaban J connectivity index is 2.02. The van der Waals surface area contributed by atoms with Gasteiger partial charge < -0.3 is 10.2 Å². The van der Waals surface area contributed by atoms with Crippen LogP contribution in [0.15, 0.2) is 77.7 Å². The average Bonchev–Trinajstić information content (AvgIpc) is 2.86. The zero-order valence-corrected chi connectivity index (χ0v) is 23.0. The molecule has 9 heteroatoms. The van der Waals surface area contributed by atoms with Crippen LogP contribution in [0.25, 0.3) is 0 Å². The highest BCUT2D eigenvalue weighted by Crippen LogP contribution is 2.25. The van der Waals surface area contributed by atoms with E-state index in [4.69, 9.17) is 11.6 Å². The lowest BCUT2D eigenvalue weighted by atomic mass is 10.1. The molecule has 0 bridgehead atoms. The lowest BCUT2D eigenvalue weighted by Gasteiger charge is -2.32. The summed E-state index contributed by atoms with van der Waals surface area (Å²) in [7, 11) is -4.08. The van der Waals surface area contributed by atoms with Gasteiger partial charge in [-0.15, -0.1) is 0 Å². The highest BCUT2D eigenvalue weighted by molar-refractivity contribution is 7.92. The summed E-state index contributed by atoms with van der Waals surface area (Å²) in [5.74, 6) is -0.851. The zero-order chi connectivity index (χ0) is 27.2. The SMILES string of the molecule is CCNC(=O)[C@H](C)N(Cc1cccc(Cl)c1)C(=O)CN(c1ccc(C)cc1)S(=O)(=O)c1ccc(C)cc1. The van der Waals surface area contributed by atoms with Crippen LogP contribution in [0.2, 0.25) is 5.02 Å². The van der Waals surface area contributed by atoms with Crippen LogP contribution in [-0.2, 0) is 26.2 Å². The van der Waals surface area contributed by atoms with Crippen molar-refractivity contribution in [3.8, 4) is 0 Å². The largest absolute Gasteiger partial charge is 0.355 e. The van der Waals surface area contributed by atoms with Crippen molar-refractivity contribution >= 4 is 39.1 Å². The molecule has 0 aliphatic rings. The second-order valence-corrected chi connectivity index (χ2v) is 11.2. The molecule has 3 aromatic carbocycles. The molecule has 0 saturated heterocycles. The van der Waals surface area contributed by atoms with Crippen LogP contribution < -0.4 is 9.62 Å². The molecule has 3 rings (SSSR count). The molecule has 0 saturated carbocycles. The summed E-state index contributed by atoms with van der Waals surface area (Å²) >= 11 is 6.15. The number of nitrogens with one attached hydrogen (secondary N) is 1. The number of nitrogens with zero attached hydrogens (tertiary/aromatic N) is 2. The molecular formula is C28H32ClN3O4S. The average molecular weight is 542 g/mol. The van der Waals surface area contributed by atoms with Crippen LogP contribution in [0, 0.1) is 13.8 Å². The quantitative estimate of drug-likeness (QED) is 0.403. The van der Waals surface area contributed by atoms with Crippen molar-refractivity contribution in [1.29, 1.82) is 0 Å². The van der Waals surface area contributed by atoms with Gasteiger partial charge >= 0.3 is 0 Å². The first-order valence-electron chi connectivity index (χ1n) is 12.0. The normalized spacial score (nSPS) is 12.0. The van der Waals surface area contributed by atoms with Crippen LogP contribution in [0.4, 0.5) is 5.69 Å². The summed E-state index contributed by atoms with van der Waals surface area (Å²) in [6.45, 7) is 7.19. The van der Waals surface area contributed by atoms with Crippen LogP contribution in [0.3, 0.4) is 0 Å². The predicted molar refractivity (Wildman–Crippen MR) is 147 cm³/mol. The Morgan fingerprint density at radius 1 is 0.946 bits per heavy atom. The molecule has 0 unspecified atom stereocenters. The van der Waals surface area contributed by atoms with Crippen LogP contribution in [-0.4, -0.2) is 44.3 Å². The first-order valence-corrected chi connectivity index (χ1v) is 13.8. The number of aryl methyl sites for hydroxylation is 2. The molecule has 0 aromatic heterocycles. The molecule has 0 spiro atoms. The van der Waals surface area contributed by atoms with Gasteiger partial charge in [-0.1, -0.05) is 59.1 Å². The van der Waals surface area contributed by atoms with Crippen molar-refractivity contribution in [2.75, 3.05) is 17.4 Å². The van der Waals surface area contributed by atoms with Crippen LogP contribution >= 0.6 is 11.6 Å². The van der Waals surface area contributed by atoms with E-state index < -0.39 is 28.5 Å². The van der Waals surface area contributed by atoms with Gasteiger partial charge in [0.2, 0.25) is 11.8 Å². The lowest BCUT2D eigenvalue weighted by molar-refractivity contribution is -0.139. The number of sulfonamides is 1. The van der Waals surface area contributed by atoms with Gasteiger partial charge in [-0.3, -0.25) is 13.9 Å². The number of hydrogen-bond donors (Lipinski definition) is 1. The zero-order valence-electron chi connectivity index (χ0n) is 21.4. The molecule has 2 amide bonds. The number of rotatable bonds is 10. The standard InChI is InChI=1S/C28H32ClN3O4S/c1-5-30-28(34)22(4)31(18-23-7-6-8-24(29)17-23)27(33)19-32(25-13-9-20(2)10-14-25)37(35,36)26-15-11-21(3)12-16-26/h6-17,22H,5,18-19H2,1-4H3,(H,30,34)/t22-/m0/s1. The van der Waals surface area contributed by atoms with Gasteiger partial charge in [-0.25, -0.2) is 8.42 Å². The molecule has 1 N–H and O–H groups in total. The van der Waals surface area contributed by atoms with E-state index in [1.165, 1.54) is 17.0 Å². The summed E-state index contributed by atoms with van der Waals surface area (Å²) in [5, 5.41) is 3.24. The van der Waals surface area contributed by atoms with E-state index >= 15 is 0 Å². The minimum atomic E-state index is -4.08. The summed E-state index contributed by atoms with van der Waals surface area (Å²) in [4.78, 5) is 28.0. The first kappa shape index (κ1) is 28.2. The van der Waals surface area contributed by atoms with Crippen molar-refractivity contribution in [3.63, 3.8) is 0 Å². The summed E-state index contributed by atoms with van der Waals surface area (Å²) in [5.41, 5.74) is 2.95. The van der Waals surface area contributed by atoms with Gasteiger partial charge in [0.05, 0.1) is 10.6 Å². The van der Waals surface area contributed by atoms with Crippen molar-refractivity contribution in [3.05, 3.63) is 94.5 Å². The number of carbonyl (C=O) groups excluding carboxylic acids is 2. The minimum Gasteiger partial charge on any atom is -0.355 e. The van der Waals surface area contributed by atoms with E-state index in [9.17, 15) is 18.0 Å². The Labute approximate surface area is 224 Å². The number of anilines is 1. The van der Waals surface area contributed by atoms with Gasteiger partial charge in [0.25, 0.3) is 10.0 Å². The maximum Gasteiger partial charge on any atom is 0.264 e. The molecule has 0 aliphatic carbocycles. The van der Waals surface area contributed by atoms with E-state index in [1.807, 2.05) is 13.8 Å². The fourth-order valence-electron chi connectivity index (χ4n) is 3.81. The van der Waals surface area contributed by atoms with Gasteiger partial charge in [0.1, 0.15) is 12.6 Å². The Morgan fingerprint density at radius 2 is 1.54 bits per heavy atom. The van der Waals surface area contributed by atoms with E-state index in [0.717, 1.165) is 21.0 Å². The number of benzene rings is 3. The van der Waals surface area contributed by atoms with Gasteiger partial charge in [0.15, 0.2) is 0 Å².